The number of azo groups is 2. The number of rotatable bonds is 18. The van der Waals surface area contributed by atoms with E-state index in [0.29, 0.717) is 39.6 Å². The molecule has 1 saturated heterocycles. The molecule has 0 aliphatic carbocycles. The van der Waals surface area contributed by atoms with Crippen molar-refractivity contribution in [3.63, 3.8) is 0 Å². The molecule has 0 atom stereocenters. The van der Waals surface area contributed by atoms with Crippen LogP contribution in [0.15, 0.2) is 130 Å². The molecule has 4 aromatic rings. The summed E-state index contributed by atoms with van der Waals surface area (Å²) >= 11 is 0. The van der Waals surface area contributed by atoms with E-state index in [0.717, 1.165) is 73.5 Å². The number of piperazine rings is 1. The summed E-state index contributed by atoms with van der Waals surface area (Å²) in [6.07, 6.45) is 0. The molecule has 240 valence electrons. The lowest BCUT2D eigenvalue weighted by Crippen LogP contribution is -2.48. The zero-order valence-corrected chi connectivity index (χ0v) is 26.2. The monoisotopic (exact) mass is 622 g/mol. The minimum absolute atomic E-state index is 0.512. The van der Waals surface area contributed by atoms with Crippen LogP contribution in [-0.4, -0.2) is 88.7 Å². The summed E-state index contributed by atoms with van der Waals surface area (Å²) in [4.78, 5) is 4.90. The normalized spacial score (nSPS) is 14.3. The number of benzene rings is 4. The number of hydrogen-bond donors (Lipinski definition) is 0. The van der Waals surface area contributed by atoms with Crippen molar-refractivity contribution in [1.29, 1.82) is 0 Å². The van der Waals surface area contributed by atoms with Crippen molar-refractivity contribution in [2.45, 2.75) is 0 Å². The number of hydrogen-bond acceptors (Lipinski definition) is 10. The highest BCUT2D eigenvalue weighted by atomic mass is 16.5. The van der Waals surface area contributed by atoms with Gasteiger partial charge in [-0.1, -0.05) is 36.4 Å². The van der Waals surface area contributed by atoms with Gasteiger partial charge in [0.25, 0.3) is 0 Å². The van der Waals surface area contributed by atoms with Gasteiger partial charge in [-0.25, -0.2) is 0 Å². The maximum atomic E-state index is 5.81. The summed E-state index contributed by atoms with van der Waals surface area (Å²) in [6.45, 7) is 9.56. The van der Waals surface area contributed by atoms with E-state index in [-0.39, 0.29) is 0 Å². The lowest BCUT2D eigenvalue weighted by atomic mass is 10.3. The van der Waals surface area contributed by atoms with E-state index in [1.807, 2.05) is 109 Å². The summed E-state index contributed by atoms with van der Waals surface area (Å²) in [5, 5.41) is 17.0. The smallest absolute Gasteiger partial charge is 0.119 e. The van der Waals surface area contributed by atoms with Gasteiger partial charge >= 0.3 is 0 Å². The molecule has 10 heteroatoms. The fourth-order valence-corrected chi connectivity index (χ4v) is 4.70. The Morgan fingerprint density at radius 2 is 0.739 bits per heavy atom. The first kappa shape index (κ1) is 32.9. The maximum Gasteiger partial charge on any atom is 0.119 e. The van der Waals surface area contributed by atoms with Crippen LogP contribution in [0.4, 0.5) is 22.7 Å². The Balaban J connectivity index is 0.836. The van der Waals surface area contributed by atoms with Crippen LogP contribution >= 0.6 is 0 Å². The molecule has 10 nitrogen and oxygen atoms in total. The fourth-order valence-electron chi connectivity index (χ4n) is 4.70. The highest BCUT2D eigenvalue weighted by Crippen LogP contribution is 2.22. The molecule has 0 saturated carbocycles. The van der Waals surface area contributed by atoms with Crippen LogP contribution < -0.4 is 9.47 Å². The zero-order chi connectivity index (χ0) is 31.5. The molecule has 5 rings (SSSR count). The molecule has 0 unspecified atom stereocenters. The zero-order valence-electron chi connectivity index (χ0n) is 26.2. The second-order valence-electron chi connectivity index (χ2n) is 10.7. The second-order valence-corrected chi connectivity index (χ2v) is 10.7. The average molecular weight is 623 g/mol. The van der Waals surface area contributed by atoms with Gasteiger partial charge in [0.05, 0.1) is 49.2 Å². The minimum Gasteiger partial charge on any atom is -0.491 e. The standard InChI is InChI=1S/C36H42N6O4/c1-3-7-31(8-4-1)37-39-33-11-15-35(16-12-33)45-29-27-43-25-23-41-19-21-42(22-20-41)24-26-44-28-30-46-36-17-13-34(14-18-36)40-38-32-9-5-2-6-10-32/h1-18H,19-30H2. The third-order valence-electron chi connectivity index (χ3n) is 7.31. The summed E-state index contributed by atoms with van der Waals surface area (Å²) in [6, 6.07) is 34.5. The molecule has 0 bridgehead atoms. The third-order valence-corrected chi connectivity index (χ3v) is 7.31. The van der Waals surface area contributed by atoms with Crippen molar-refractivity contribution in [3.05, 3.63) is 109 Å². The Morgan fingerprint density at radius 3 is 1.11 bits per heavy atom. The lowest BCUT2D eigenvalue weighted by molar-refractivity contribution is 0.0449. The van der Waals surface area contributed by atoms with E-state index in [1.165, 1.54) is 0 Å². The molecule has 1 aliphatic rings. The van der Waals surface area contributed by atoms with Gasteiger partial charge < -0.3 is 18.9 Å². The van der Waals surface area contributed by atoms with Crippen molar-refractivity contribution in [2.75, 3.05) is 78.9 Å². The molecule has 0 N–H and O–H groups in total. The van der Waals surface area contributed by atoms with Crippen molar-refractivity contribution in [1.82, 2.24) is 9.80 Å². The first-order valence-electron chi connectivity index (χ1n) is 15.8. The first-order chi connectivity index (χ1) is 22.8. The van der Waals surface area contributed by atoms with Gasteiger partial charge in [-0.05, 0) is 72.8 Å². The molecular weight excluding hydrogens is 580 g/mol. The van der Waals surface area contributed by atoms with Crippen LogP contribution in [0.5, 0.6) is 11.5 Å². The molecular formula is C36H42N6O4. The largest absolute Gasteiger partial charge is 0.491 e. The quantitative estimate of drug-likeness (QED) is 0.0837. The van der Waals surface area contributed by atoms with Crippen LogP contribution in [0.1, 0.15) is 0 Å². The van der Waals surface area contributed by atoms with Crippen LogP contribution in [0.3, 0.4) is 0 Å². The Kier molecular flexibility index (Phi) is 13.7. The van der Waals surface area contributed by atoms with Crippen molar-refractivity contribution >= 4 is 22.7 Å². The summed E-state index contributed by atoms with van der Waals surface area (Å²) in [5.41, 5.74) is 3.22. The summed E-state index contributed by atoms with van der Waals surface area (Å²) in [5.74, 6) is 1.59. The molecule has 1 fully saturated rings. The van der Waals surface area contributed by atoms with Crippen LogP contribution in [0.2, 0.25) is 0 Å². The SMILES string of the molecule is c1ccc(N=Nc2ccc(OCCOCCN3CCN(CCOCCOc4ccc(N=Nc5ccccc5)cc4)CC3)cc2)cc1. The van der Waals surface area contributed by atoms with Gasteiger partial charge in [0, 0.05) is 39.3 Å². The van der Waals surface area contributed by atoms with E-state index >= 15 is 0 Å². The maximum absolute atomic E-state index is 5.81. The molecule has 4 aromatic carbocycles. The average Bonchev–Trinajstić information content (AvgIpc) is 3.12. The van der Waals surface area contributed by atoms with Crippen LogP contribution in [0, 0.1) is 0 Å². The van der Waals surface area contributed by atoms with Gasteiger partial charge in [-0.15, -0.1) is 0 Å². The first-order valence-corrected chi connectivity index (χ1v) is 15.8. The Bertz CT molecular complexity index is 1330. The van der Waals surface area contributed by atoms with E-state index in [2.05, 4.69) is 30.3 Å². The van der Waals surface area contributed by atoms with Gasteiger partial charge in [0.1, 0.15) is 24.7 Å². The second kappa shape index (κ2) is 19.1. The summed E-state index contributed by atoms with van der Waals surface area (Å²) < 4.78 is 23.2. The molecule has 46 heavy (non-hydrogen) atoms. The van der Waals surface area contributed by atoms with Crippen LogP contribution in [0.25, 0.3) is 0 Å². The number of ether oxygens (including phenoxy) is 4. The molecule has 0 aromatic heterocycles. The van der Waals surface area contributed by atoms with Crippen LogP contribution in [-0.2, 0) is 9.47 Å². The molecule has 1 aliphatic heterocycles. The lowest BCUT2D eigenvalue weighted by Gasteiger charge is -2.34. The molecule has 0 radical (unpaired) electrons. The molecule has 1 heterocycles. The topological polar surface area (TPSA) is 92.8 Å². The van der Waals surface area contributed by atoms with Gasteiger partial charge in [0.15, 0.2) is 0 Å². The van der Waals surface area contributed by atoms with E-state index in [4.69, 9.17) is 18.9 Å². The Labute approximate surface area is 271 Å². The molecule has 0 amide bonds. The predicted octanol–water partition coefficient (Wildman–Crippen LogP) is 7.63. The van der Waals surface area contributed by atoms with Crippen molar-refractivity contribution in [3.8, 4) is 11.5 Å². The van der Waals surface area contributed by atoms with Gasteiger partial charge in [0.2, 0.25) is 0 Å². The summed E-state index contributed by atoms with van der Waals surface area (Å²) in [7, 11) is 0. The highest BCUT2D eigenvalue weighted by Gasteiger charge is 2.16. The van der Waals surface area contributed by atoms with Gasteiger partial charge in [-0.2, -0.15) is 20.5 Å². The number of nitrogens with zero attached hydrogens (tertiary/aromatic N) is 6. The third kappa shape index (κ3) is 12.1. The molecule has 0 spiro atoms. The fraction of sp³-hybridized carbons (Fsp3) is 0.333. The Hall–Kier alpha value is -4.48. The van der Waals surface area contributed by atoms with E-state index in [1.54, 1.807) is 0 Å². The van der Waals surface area contributed by atoms with Crippen molar-refractivity contribution < 1.29 is 18.9 Å². The van der Waals surface area contributed by atoms with E-state index < -0.39 is 0 Å². The van der Waals surface area contributed by atoms with E-state index in [9.17, 15) is 0 Å². The highest BCUT2D eigenvalue weighted by molar-refractivity contribution is 5.43. The minimum atomic E-state index is 0.512. The Morgan fingerprint density at radius 1 is 0.391 bits per heavy atom. The van der Waals surface area contributed by atoms with Crippen molar-refractivity contribution in [2.24, 2.45) is 20.5 Å². The van der Waals surface area contributed by atoms with Gasteiger partial charge in [-0.3, -0.25) is 9.80 Å². The predicted molar refractivity (Wildman–Crippen MR) is 180 cm³/mol.